The van der Waals surface area contributed by atoms with Crippen LogP contribution in [0.5, 0.6) is 0 Å². The molecule has 16 heavy (non-hydrogen) atoms. The zero-order valence-electron chi connectivity index (χ0n) is 9.49. The van der Waals surface area contributed by atoms with Crippen LogP contribution in [0.3, 0.4) is 0 Å². The molecule has 0 aliphatic carbocycles. The number of Topliss-reactive ketones (excluding diaryl/α,β-unsaturated/α-hetero) is 1. The Balaban J connectivity index is 2.21. The molecular formula is C14H14O2. The van der Waals surface area contributed by atoms with E-state index in [2.05, 4.69) is 12.1 Å². The molecule has 1 aromatic carbocycles. The lowest BCUT2D eigenvalue weighted by Crippen LogP contribution is -2.03. The first-order valence-electron chi connectivity index (χ1n) is 5.28. The maximum Gasteiger partial charge on any atom is 0.170 e. The van der Waals surface area contributed by atoms with Gasteiger partial charge in [0.2, 0.25) is 0 Å². The third-order valence-corrected chi connectivity index (χ3v) is 2.70. The van der Waals surface area contributed by atoms with Crippen LogP contribution < -0.4 is 0 Å². The molecular weight excluding hydrogens is 200 g/mol. The summed E-state index contributed by atoms with van der Waals surface area (Å²) in [6.07, 6.45) is 3.46. The Morgan fingerprint density at radius 1 is 1.25 bits per heavy atom. The fourth-order valence-corrected chi connectivity index (χ4v) is 1.69. The summed E-state index contributed by atoms with van der Waals surface area (Å²) in [5, 5.41) is 0. The molecule has 1 heterocycles. The second kappa shape index (κ2) is 4.35. The van der Waals surface area contributed by atoms with E-state index in [4.69, 9.17) is 4.42 Å². The topological polar surface area (TPSA) is 30.2 Å². The summed E-state index contributed by atoms with van der Waals surface area (Å²) >= 11 is 0. The summed E-state index contributed by atoms with van der Waals surface area (Å²) in [6, 6.07) is 7.87. The van der Waals surface area contributed by atoms with Gasteiger partial charge in [-0.05, 0) is 31.0 Å². The van der Waals surface area contributed by atoms with Gasteiger partial charge in [-0.15, -0.1) is 0 Å². The van der Waals surface area contributed by atoms with Gasteiger partial charge in [0, 0.05) is 6.42 Å². The number of aryl methyl sites for hydroxylation is 2. The van der Waals surface area contributed by atoms with Crippen LogP contribution in [0.1, 0.15) is 27.0 Å². The van der Waals surface area contributed by atoms with Gasteiger partial charge < -0.3 is 4.42 Å². The standard InChI is InChI=1S/C14H14O2/c1-10-3-4-11(2)13(7-10)8-14(15)12-5-6-16-9-12/h3-7,9H,8H2,1-2H3. The maximum absolute atomic E-state index is 11.9. The Hall–Kier alpha value is -1.83. The Morgan fingerprint density at radius 2 is 2.06 bits per heavy atom. The molecule has 0 bridgehead atoms. The molecule has 0 unspecified atom stereocenters. The van der Waals surface area contributed by atoms with Crippen molar-refractivity contribution in [1.29, 1.82) is 0 Å². The highest BCUT2D eigenvalue weighted by Crippen LogP contribution is 2.14. The third-order valence-electron chi connectivity index (χ3n) is 2.70. The van der Waals surface area contributed by atoms with Gasteiger partial charge in [-0.2, -0.15) is 0 Å². The van der Waals surface area contributed by atoms with Gasteiger partial charge in [0.1, 0.15) is 6.26 Å². The van der Waals surface area contributed by atoms with E-state index in [1.54, 1.807) is 6.07 Å². The lowest BCUT2D eigenvalue weighted by atomic mass is 9.99. The highest BCUT2D eigenvalue weighted by Gasteiger charge is 2.09. The van der Waals surface area contributed by atoms with Crippen LogP contribution >= 0.6 is 0 Å². The Morgan fingerprint density at radius 3 is 2.75 bits per heavy atom. The summed E-state index contributed by atoms with van der Waals surface area (Å²) in [5.74, 6) is 0.0995. The number of carbonyl (C=O) groups is 1. The molecule has 0 saturated carbocycles. The zero-order valence-corrected chi connectivity index (χ0v) is 9.49. The average Bonchev–Trinajstić information content (AvgIpc) is 2.76. The van der Waals surface area contributed by atoms with Crippen LogP contribution in [0.2, 0.25) is 0 Å². The van der Waals surface area contributed by atoms with Crippen LogP contribution in [0.15, 0.2) is 41.2 Å². The van der Waals surface area contributed by atoms with Gasteiger partial charge in [-0.25, -0.2) is 0 Å². The molecule has 0 radical (unpaired) electrons. The summed E-state index contributed by atoms with van der Waals surface area (Å²) in [7, 11) is 0. The summed E-state index contributed by atoms with van der Waals surface area (Å²) in [5.41, 5.74) is 4.06. The first kappa shape index (κ1) is 10.7. The molecule has 82 valence electrons. The Bertz CT molecular complexity index is 495. The molecule has 0 spiro atoms. The molecule has 0 fully saturated rings. The number of ketones is 1. The lowest BCUT2D eigenvalue weighted by Gasteiger charge is -2.05. The first-order chi connectivity index (χ1) is 7.66. The van der Waals surface area contributed by atoms with Crippen molar-refractivity contribution in [2.75, 3.05) is 0 Å². The highest BCUT2D eigenvalue weighted by atomic mass is 16.3. The SMILES string of the molecule is Cc1ccc(C)c(CC(=O)c2ccoc2)c1. The number of carbonyl (C=O) groups excluding carboxylic acids is 1. The van der Waals surface area contributed by atoms with Crippen LogP contribution in [-0.2, 0) is 6.42 Å². The Kier molecular flexibility index (Phi) is 2.91. The fraction of sp³-hybridized carbons (Fsp3) is 0.214. The molecule has 0 N–H and O–H groups in total. The number of benzene rings is 1. The Labute approximate surface area is 94.9 Å². The van der Waals surface area contributed by atoms with Crippen molar-refractivity contribution in [2.45, 2.75) is 20.3 Å². The van der Waals surface area contributed by atoms with Gasteiger partial charge >= 0.3 is 0 Å². The number of hydrogen-bond donors (Lipinski definition) is 0. The second-order valence-electron chi connectivity index (χ2n) is 4.04. The monoisotopic (exact) mass is 214 g/mol. The predicted octanol–water partition coefficient (Wildman–Crippen LogP) is 3.32. The molecule has 2 rings (SSSR count). The largest absolute Gasteiger partial charge is 0.472 e. The van der Waals surface area contributed by atoms with Crippen molar-refractivity contribution >= 4 is 5.78 Å². The van der Waals surface area contributed by atoms with Gasteiger partial charge in [0.25, 0.3) is 0 Å². The van der Waals surface area contributed by atoms with E-state index in [0.29, 0.717) is 12.0 Å². The third kappa shape index (κ3) is 2.22. The molecule has 2 heteroatoms. The minimum absolute atomic E-state index is 0.0995. The summed E-state index contributed by atoms with van der Waals surface area (Å²) < 4.78 is 4.91. The molecule has 0 saturated heterocycles. The van der Waals surface area contributed by atoms with Gasteiger partial charge in [-0.1, -0.05) is 23.8 Å². The van der Waals surface area contributed by atoms with E-state index in [9.17, 15) is 4.79 Å². The molecule has 2 aromatic rings. The molecule has 0 aliphatic rings. The van der Waals surface area contributed by atoms with E-state index < -0.39 is 0 Å². The van der Waals surface area contributed by atoms with Crippen LogP contribution in [0, 0.1) is 13.8 Å². The van der Waals surface area contributed by atoms with E-state index in [0.717, 1.165) is 11.1 Å². The summed E-state index contributed by atoms with van der Waals surface area (Å²) in [4.78, 5) is 11.9. The van der Waals surface area contributed by atoms with Crippen molar-refractivity contribution in [3.63, 3.8) is 0 Å². The lowest BCUT2D eigenvalue weighted by molar-refractivity contribution is 0.0992. The van der Waals surface area contributed by atoms with Crippen molar-refractivity contribution in [3.05, 3.63) is 59.0 Å². The fourth-order valence-electron chi connectivity index (χ4n) is 1.69. The van der Waals surface area contributed by atoms with Crippen molar-refractivity contribution in [3.8, 4) is 0 Å². The van der Waals surface area contributed by atoms with Crippen LogP contribution in [0.4, 0.5) is 0 Å². The predicted molar refractivity (Wildman–Crippen MR) is 62.7 cm³/mol. The van der Waals surface area contributed by atoms with Crippen LogP contribution in [-0.4, -0.2) is 5.78 Å². The second-order valence-corrected chi connectivity index (χ2v) is 4.04. The van der Waals surface area contributed by atoms with Gasteiger partial charge in [0.15, 0.2) is 5.78 Å². The van der Waals surface area contributed by atoms with Gasteiger partial charge in [-0.3, -0.25) is 4.79 Å². The van der Waals surface area contributed by atoms with Gasteiger partial charge in [0.05, 0.1) is 11.8 Å². The van der Waals surface area contributed by atoms with Crippen LogP contribution in [0.25, 0.3) is 0 Å². The maximum atomic E-state index is 11.9. The van der Waals surface area contributed by atoms with E-state index in [1.165, 1.54) is 18.1 Å². The zero-order chi connectivity index (χ0) is 11.5. The molecule has 0 amide bonds. The van der Waals surface area contributed by atoms with E-state index in [1.807, 2.05) is 19.9 Å². The average molecular weight is 214 g/mol. The molecule has 0 atom stereocenters. The van der Waals surface area contributed by atoms with E-state index >= 15 is 0 Å². The summed E-state index contributed by atoms with van der Waals surface area (Å²) in [6.45, 7) is 4.06. The smallest absolute Gasteiger partial charge is 0.170 e. The minimum Gasteiger partial charge on any atom is -0.472 e. The van der Waals surface area contributed by atoms with E-state index in [-0.39, 0.29) is 5.78 Å². The molecule has 0 aliphatic heterocycles. The van der Waals surface area contributed by atoms with Crippen molar-refractivity contribution in [2.24, 2.45) is 0 Å². The van der Waals surface area contributed by atoms with Crippen molar-refractivity contribution in [1.82, 2.24) is 0 Å². The quantitative estimate of drug-likeness (QED) is 0.734. The minimum atomic E-state index is 0.0995. The first-order valence-corrected chi connectivity index (χ1v) is 5.28. The molecule has 1 aromatic heterocycles. The normalized spacial score (nSPS) is 10.4. The molecule has 2 nitrogen and oxygen atoms in total. The number of furan rings is 1. The number of hydrogen-bond acceptors (Lipinski definition) is 2. The number of rotatable bonds is 3. The highest BCUT2D eigenvalue weighted by molar-refractivity contribution is 5.97. The van der Waals surface area contributed by atoms with Crippen molar-refractivity contribution < 1.29 is 9.21 Å².